The number of nitrogens with zero attached hydrogens (tertiary/aromatic N) is 3. The fraction of sp³-hybridized carbons (Fsp3) is 0.345. The second-order valence-corrected chi connectivity index (χ2v) is 10.2. The van der Waals surface area contributed by atoms with Crippen LogP contribution >= 0.6 is 0 Å². The summed E-state index contributed by atoms with van der Waals surface area (Å²) in [7, 11) is 0. The average molecular weight is 503 g/mol. The Morgan fingerprint density at radius 3 is 2.68 bits per heavy atom. The Balaban J connectivity index is 1.37. The molecule has 2 aliphatic carbocycles. The number of ether oxygens (including phenoxy) is 1. The lowest BCUT2D eigenvalue weighted by Gasteiger charge is -2.26. The maximum atomic E-state index is 14.3. The van der Waals surface area contributed by atoms with E-state index in [0.29, 0.717) is 35.3 Å². The van der Waals surface area contributed by atoms with Crippen LogP contribution in [0.25, 0.3) is 16.9 Å². The lowest BCUT2D eigenvalue weighted by Crippen LogP contribution is -2.21. The summed E-state index contributed by atoms with van der Waals surface area (Å²) in [4.78, 5) is 17.3. The van der Waals surface area contributed by atoms with E-state index in [-0.39, 0.29) is 17.4 Å². The van der Waals surface area contributed by atoms with E-state index in [0.717, 1.165) is 42.1 Å². The van der Waals surface area contributed by atoms with Gasteiger partial charge in [0.2, 0.25) is 11.7 Å². The third-order valence-electron chi connectivity index (χ3n) is 7.38. The molecule has 6 nitrogen and oxygen atoms in total. The monoisotopic (exact) mass is 502 g/mol. The summed E-state index contributed by atoms with van der Waals surface area (Å²) in [6.45, 7) is 2.72. The summed E-state index contributed by atoms with van der Waals surface area (Å²) in [5.41, 5.74) is 4.50. The summed E-state index contributed by atoms with van der Waals surface area (Å²) >= 11 is 0. The zero-order chi connectivity index (χ0) is 25.5. The van der Waals surface area contributed by atoms with Crippen molar-refractivity contribution in [2.45, 2.75) is 45.4 Å². The van der Waals surface area contributed by atoms with Crippen molar-refractivity contribution in [1.29, 1.82) is 0 Å². The fourth-order valence-corrected chi connectivity index (χ4v) is 4.78. The van der Waals surface area contributed by atoms with Gasteiger partial charge in [-0.1, -0.05) is 24.6 Å². The number of rotatable bonds is 9. The van der Waals surface area contributed by atoms with Crippen LogP contribution in [-0.2, 0) is 0 Å². The van der Waals surface area contributed by atoms with E-state index in [9.17, 15) is 13.6 Å². The van der Waals surface area contributed by atoms with Crippen molar-refractivity contribution < 1.29 is 18.3 Å². The van der Waals surface area contributed by atoms with E-state index in [4.69, 9.17) is 4.74 Å². The zero-order valence-corrected chi connectivity index (χ0v) is 20.6. The SMILES string of the molecule is Cc1cc(-c2cnc3c(NCC4CCC4)cc(Oc4cccc(F)c4F)nn23)ccc1C(=O)CC1CC1. The number of carbonyl (C=O) groups excluding carboxylic acids is 1. The Bertz CT molecular complexity index is 1490. The van der Waals surface area contributed by atoms with Crippen LogP contribution in [-0.4, -0.2) is 26.9 Å². The lowest BCUT2D eigenvalue weighted by molar-refractivity contribution is 0.0975. The molecule has 0 atom stereocenters. The van der Waals surface area contributed by atoms with Crippen LogP contribution in [0.15, 0.2) is 48.7 Å². The van der Waals surface area contributed by atoms with E-state index in [1.165, 1.54) is 31.4 Å². The molecule has 2 saturated carbocycles. The van der Waals surface area contributed by atoms with Crippen LogP contribution < -0.4 is 10.1 Å². The van der Waals surface area contributed by atoms with Crippen molar-refractivity contribution in [3.8, 4) is 22.9 Å². The van der Waals surface area contributed by atoms with Gasteiger partial charge in [-0.05, 0) is 68.2 Å². The molecular weight excluding hydrogens is 474 g/mol. The highest BCUT2D eigenvalue weighted by molar-refractivity contribution is 5.98. The number of imidazole rings is 1. The van der Waals surface area contributed by atoms with Gasteiger partial charge in [-0.15, -0.1) is 5.10 Å². The van der Waals surface area contributed by atoms with Gasteiger partial charge in [0.1, 0.15) is 0 Å². The van der Waals surface area contributed by atoms with Gasteiger partial charge in [-0.25, -0.2) is 13.9 Å². The molecule has 0 amide bonds. The highest BCUT2D eigenvalue weighted by Crippen LogP contribution is 2.35. The standard InChI is InChI=1S/C29H28F2N4O2/c1-17-12-20(10-11-21(17)25(36)13-18-8-9-18)24-16-33-29-23(32-15-19-4-2-5-19)14-27(34-35(24)29)37-26-7-3-6-22(30)28(26)31/h3,6-7,10-12,14,16,18-19,32H,2,4-5,8-9,13,15H2,1H3. The zero-order valence-electron chi connectivity index (χ0n) is 20.6. The minimum absolute atomic E-state index is 0.111. The van der Waals surface area contributed by atoms with Gasteiger partial charge in [-0.3, -0.25) is 4.79 Å². The quantitative estimate of drug-likeness (QED) is 0.250. The highest BCUT2D eigenvalue weighted by atomic mass is 19.2. The molecule has 2 aromatic heterocycles. The van der Waals surface area contributed by atoms with Crippen molar-refractivity contribution in [2.75, 3.05) is 11.9 Å². The number of aromatic nitrogens is 3. The molecule has 37 heavy (non-hydrogen) atoms. The van der Waals surface area contributed by atoms with Gasteiger partial charge < -0.3 is 10.1 Å². The van der Waals surface area contributed by atoms with Crippen LogP contribution in [0.1, 0.15) is 54.4 Å². The molecule has 6 rings (SSSR count). The van der Waals surface area contributed by atoms with Gasteiger partial charge in [0.25, 0.3) is 0 Å². The predicted molar refractivity (Wildman–Crippen MR) is 137 cm³/mol. The number of hydrogen-bond donors (Lipinski definition) is 1. The molecule has 0 radical (unpaired) electrons. The number of Topliss-reactive ketones (excluding diaryl/α,β-unsaturated/α-hetero) is 1. The third-order valence-corrected chi connectivity index (χ3v) is 7.38. The molecule has 1 N–H and O–H groups in total. The van der Waals surface area contributed by atoms with Crippen molar-refractivity contribution in [2.24, 2.45) is 11.8 Å². The summed E-state index contributed by atoms with van der Waals surface area (Å²) in [5.74, 6) is -0.887. The van der Waals surface area contributed by atoms with Crippen LogP contribution in [0, 0.1) is 30.4 Å². The molecule has 0 aliphatic heterocycles. The Labute approximate surface area is 213 Å². The molecule has 2 aromatic carbocycles. The summed E-state index contributed by atoms with van der Waals surface area (Å²) in [6.07, 6.45) is 8.19. The first-order chi connectivity index (χ1) is 18.0. The minimum Gasteiger partial charge on any atom is -0.434 e. The van der Waals surface area contributed by atoms with Crippen molar-refractivity contribution in [3.05, 3.63) is 71.4 Å². The predicted octanol–water partition coefficient (Wildman–Crippen LogP) is 6.97. The first-order valence-corrected chi connectivity index (χ1v) is 12.8. The third kappa shape index (κ3) is 4.80. The molecule has 2 fully saturated rings. The number of fused-ring (bicyclic) bond motifs is 1. The van der Waals surface area contributed by atoms with Gasteiger partial charge in [0, 0.05) is 30.2 Å². The number of halogens is 2. The normalized spacial score (nSPS) is 15.5. The number of hydrogen-bond acceptors (Lipinski definition) is 5. The Morgan fingerprint density at radius 1 is 1.11 bits per heavy atom. The lowest BCUT2D eigenvalue weighted by atomic mass is 9.85. The van der Waals surface area contributed by atoms with Crippen LogP contribution in [0.2, 0.25) is 0 Å². The second-order valence-electron chi connectivity index (χ2n) is 10.2. The molecule has 2 heterocycles. The molecule has 0 spiro atoms. The van der Waals surface area contributed by atoms with Gasteiger partial charge in [0.15, 0.2) is 23.0 Å². The van der Waals surface area contributed by atoms with E-state index >= 15 is 0 Å². The summed E-state index contributed by atoms with van der Waals surface area (Å²) in [6, 6.07) is 11.2. The van der Waals surface area contributed by atoms with E-state index in [2.05, 4.69) is 15.4 Å². The summed E-state index contributed by atoms with van der Waals surface area (Å²) in [5, 5.41) is 8.02. The van der Waals surface area contributed by atoms with Crippen LogP contribution in [0.3, 0.4) is 0 Å². The Kier molecular flexibility index (Phi) is 6.10. The fourth-order valence-electron chi connectivity index (χ4n) is 4.78. The molecule has 0 unspecified atom stereocenters. The Hall–Kier alpha value is -3.81. The van der Waals surface area contributed by atoms with Gasteiger partial charge in [0.05, 0.1) is 17.6 Å². The van der Waals surface area contributed by atoms with E-state index in [1.807, 2.05) is 25.1 Å². The molecule has 0 saturated heterocycles. The summed E-state index contributed by atoms with van der Waals surface area (Å²) < 4.78 is 35.5. The van der Waals surface area contributed by atoms with Crippen molar-refractivity contribution in [1.82, 2.24) is 14.6 Å². The molecule has 4 aromatic rings. The van der Waals surface area contributed by atoms with E-state index in [1.54, 1.807) is 16.8 Å². The molecule has 190 valence electrons. The molecule has 0 bridgehead atoms. The Morgan fingerprint density at radius 2 is 1.95 bits per heavy atom. The maximum Gasteiger partial charge on any atom is 0.239 e. The van der Waals surface area contributed by atoms with Gasteiger partial charge in [-0.2, -0.15) is 4.39 Å². The molecule has 8 heteroatoms. The maximum absolute atomic E-state index is 14.3. The topological polar surface area (TPSA) is 68.5 Å². The minimum atomic E-state index is -1.07. The number of nitrogens with one attached hydrogen (secondary N) is 1. The average Bonchev–Trinajstić information content (AvgIpc) is 3.56. The second kappa shape index (κ2) is 9.57. The van der Waals surface area contributed by atoms with Crippen LogP contribution in [0.5, 0.6) is 11.6 Å². The molecule has 2 aliphatic rings. The number of ketones is 1. The van der Waals surface area contributed by atoms with Crippen molar-refractivity contribution >= 4 is 17.1 Å². The number of carbonyl (C=O) groups is 1. The first-order valence-electron chi connectivity index (χ1n) is 12.8. The number of aryl methyl sites for hydroxylation is 1. The smallest absolute Gasteiger partial charge is 0.239 e. The number of benzene rings is 2. The highest BCUT2D eigenvalue weighted by Gasteiger charge is 2.26. The largest absolute Gasteiger partial charge is 0.434 e. The molecular formula is C29H28F2N4O2. The number of anilines is 1. The van der Waals surface area contributed by atoms with E-state index < -0.39 is 11.6 Å². The van der Waals surface area contributed by atoms with Crippen molar-refractivity contribution in [3.63, 3.8) is 0 Å². The van der Waals surface area contributed by atoms with Gasteiger partial charge >= 0.3 is 0 Å². The van der Waals surface area contributed by atoms with Crippen LogP contribution in [0.4, 0.5) is 14.5 Å². The first kappa shape index (κ1) is 23.6.